The number of hydrogen-bond donors (Lipinski definition) is 3. The second-order valence-corrected chi connectivity index (χ2v) is 6.33. The minimum Gasteiger partial charge on any atom is -0.354 e. The third-order valence-electron chi connectivity index (χ3n) is 3.82. The number of halogens is 1. The molecule has 0 bridgehead atoms. The third kappa shape index (κ3) is 3.58. The SMILES string of the molecule is C=C1NC(=S)NC(c2ccccc2)C1C(=O)Nc1ccc(Cl)cc1. The predicted octanol–water partition coefficient (Wildman–Crippen LogP) is 3.63. The lowest BCUT2D eigenvalue weighted by atomic mass is 9.88. The van der Waals surface area contributed by atoms with Gasteiger partial charge in [-0.25, -0.2) is 0 Å². The average molecular weight is 358 g/mol. The van der Waals surface area contributed by atoms with Crippen molar-refractivity contribution in [2.75, 3.05) is 5.32 Å². The molecule has 0 aromatic heterocycles. The molecule has 0 spiro atoms. The van der Waals surface area contributed by atoms with Gasteiger partial charge in [0.05, 0.1) is 6.04 Å². The van der Waals surface area contributed by atoms with Crippen LogP contribution >= 0.6 is 23.8 Å². The summed E-state index contributed by atoms with van der Waals surface area (Å²) in [5.41, 5.74) is 2.22. The van der Waals surface area contributed by atoms with Gasteiger partial charge in [-0.2, -0.15) is 0 Å². The first-order chi connectivity index (χ1) is 11.5. The van der Waals surface area contributed by atoms with Crippen molar-refractivity contribution in [2.24, 2.45) is 5.92 Å². The van der Waals surface area contributed by atoms with Crippen LogP contribution in [0.5, 0.6) is 0 Å². The molecular weight excluding hydrogens is 342 g/mol. The van der Waals surface area contributed by atoms with E-state index in [0.29, 0.717) is 21.5 Å². The molecule has 1 heterocycles. The van der Waals surface area contributed by atoms with Gasteiger partial charge < -0.3 is 16.0 Å². The van der Waals surface area contributed by atoms with Crippen molar-refractivity contribution in [2.45, 2.75) is 6.04 Å². The average Bonchev–Trinajstić information content (AvgIpc) is 2.57. The minimum absolute atomic E-state index is 0.168. The summed E-state index contributed by atoms with van der Waals surface area (Å²) < 4.78 is 0. The molecule has 1 aliphatic rings. The lowest BCUT2D eigenvalue weighted by Gasteiger charge is -2.35. The Hall–Kier alpha value is -2.37. The van der Waals surface area contributed by atoms with E-state index >= 15 is 0 Å². The molecular formula is C18H16ClN3OS. The van der Waals surface area contributed by atoms with Gasteiger partial charge in [-0.05, 0) is 42.0 Å². The highest BCUT2D eigenvalue weighted by Gasteiger charge is 2.36. The molecule has 1 saturated heterocycles. The van der Waals surface area contributed by atoms with Crippen LogP contribution in [0, 0.1) is 5.92 Å². The zero-order valence-corrected chi connectivity index (χ0v) is 14.3. The van der Waals surface area contributed by atoms with Crippen molar-refractivity contribution in [3.05, 3.63) is 77.5 Å². The summed E-state index contributed by atoms with van der Waals surface area (Å²) in [6, 6.07) is 16.4. The van der Waals surface area contributed by atoms with E-state index in [9.17, 15) is 4.79 Å². The fourth-order valence-corrected chi connectivity index (χ4v) is 3.07. The molecule has 0 aliphatic carbocycles. The van der Waals surface area contributed by atoms with Gasteiger partial charge in [-0.15, -0.1) is 0 Å². The molecule has 0 radical (unpaired) electrons. The van der Waals surface area contributed by atoms with E-state index in [1.54, 1.807) is 24.3 Å². The molecule has 6 heteroatoms. The van der Waals surface area contributed by atoms with Crippen molar-refractivity contribution >= 4 is 40.5 Å². The summed E-state index contributed by atoms with van der Waals surface area (Å²) in [6.07, 6.45) is 0. The van der Waals surface area contributed by atoms with Gasteiger partial charge >= 0.3 is 0 Å². The smallest absolute Gasteiger partial charge is 0.235 e. The van der Waals surface area contributed by atoms with Crippen LogP contribution in [0.1, 0.15) is 11.6 Å². The number of amides is 1. The Bertz CT molecular complexity index is 777. The Morgan fingerprint density at radius 2 is 1.79 bits per heavy atom. The van der Waals surface area contributed by atoms with Crippen molar-refractivity contribution < 1.29 is 4.79 Å². The van der Waals surface area contributed by atoms with Gasteiger partial charge in [0.25, 0.3) is 0 Å². The molecule has 0 saturated carbocycles. The van der Waals surface area contributed by atoms with E-state index in [1.807, 2.05) is 30.3 Å². The van der Waals surface area contributed by atoms with Crippen LogP contribution in [-0.2, 0) is 4.79 Å². The quantitative estimate of drug-likeness (QED) is 0.734. The number of benzene rings is 2. The zero-order chi connectivity index (χ0) is 17.1. The Morgan fingerprint density at radius 1 is 1.12 bits per heavy atom. The van der Waals surface area contributed by atoms with Gasteiger partial charge in [0.15, 0.2) is 5.11 Å². The number of carbonyl (C=O) groups is 1. The van der Waals surface area contributed by atoms with Crippen LogP contribution in [0.25, 0.3) is 0 Å². The first-order valence-electron chi connectivity index (χ1n) is 7.42. The van der Waals surface area contributed by atoms with Crippen molar-refractivity contribution in [3.8, 4) is 0 Å². The molecule has 24 heavy (non-hydrogen) atoms. The van der Waals surface area contributed by atoms with Crippen LogP contribution in [-0.4, -0.2) is 11.0 Å². The number of hydrogen-bond acceptors (Lipinski definition) is 2. The van der Waals surface area contributed by atoms with Crippen LogP contribution in [0.4, 0.5) is 5.69 Å². The fraction of sp³-hybridized carbons (Fsp3) is 0.111. The Morgan fingerprint density at radius 3 is 2.46 bits per heavy atom. The van der Waals surface area contributed by atoms with Crippen LogP contribution in [0.3, 0.4) is 0 Å². The first kappa shape index (κ1) is 16.5. The van der Waals surface area contributed by atoms with Crippen LogP contribution < -0.4 is 16.0 Å². The predicted molar refractivity (Wildman–Crippen MR) is 101 cm³/mol. The molecule has 1 fully saturated rings. The van der Waals surface area contributed by atoms with Crippen LogP contribution in [0.15, 0.2) is 66.9 Å². The largest absolute Gasteiger partial charge is 0.354 e. The molecule has 1 aliphatic heterocycles. The lowest BCUT2D eigenvalue weighted by molar-refractivity contribution is -0.119. The Balaban J connectivity index is 1.86. The summed E-state index contributed by atoms with van der Waals surface area (Å²) in [5.74, 6) is -0.673. The van der Waals surface area contributed by atoms with Crippen molar-refractivity contribution in [1.29, 1.82) is 0 Å². The van der Waals surface area contributed by atoms with Gasteiger partial charge in [0.1, 0.15) is 5.92 Å². The summed E-state index contributed by atoms with van der Waals surface area (Å²) in [5, 5.41) is 10.1. The van der Waals surface area contributed by atoms with E-state index in [2.05, 4.69) is 22.5 Å². The molecule has 122 valence electrons. The lowest BCUT2D eigenvalue weighted by Crippen LogP contribution is -2.51. The minimum atomic E-state index is -0.505. The van der Waals surface area contributed by atoms with Gasteiger partial charge in [-0.3, -0.25) is 4.79 Å². The summed E-state index contributed by atoms with van der Waals surface area (Å²) in [6.45, 7) is 3.98. The first-order valence-corrected chi connectivity index (χ1v) is 8.21. The van der Waals surface area contributed by atoms with E-state index in [0.717, 1.165) is 5.56 Å². The zero-order valence-electron chi connectivity index (χ0n) is 12.8. The number of anilines is 1. The third-order valence-corrected chi connectivity index (χ3v) is 4.29. The molecule has 2 unspecified atom stereocenters. The highest BCUT2D eigenvalue weighted by molar-refractivity contribution is 7.80. The van der Waals surface area contributed by atoms with Gasteiger partial charge in [0.2, 0.25) is 5.91 Å². The molecule has 3 N–H and O–H groups in total. The van der Waals surface area contributed by atoms with E-state index in [4.69, 9.17) is 23.8 Å². The molecule has 4 nitrogen and oxygen atoms in total. The molecule has 2 atom stereocenters. The van der Waals surface area contributed by atoms with Gasteiger partial charge in [-0.1, -0.05) is 48.5 Å². The van der Waals surface area contributed by atoms with E-state index in [-0.39, 0.29) is 11.9 Å². The Labute approximate surface area is 150 Å². The van der Waals surface area contributed by atoms with Crippen LogP contribution in [0.2, 0.25) is 5.02 Å². The number of thiocarbonyl (C=S) groups is 1. The summed E-state index contributed by atoms with van der Waals surface area (Å²) >= 11 is 11.1. The Kier molecular flexibility index (Phi) is 4.83. The van der Waals surface area contributed by atoms with Crippen molar-refractivity contribution in [3.63, 3.8) is 0 Å². The van der Waals surface area contributed by atoms with Crippen molar-refractivity contribution in [1.82, 2.24) is 10.6 Å². The maximum absolute atomic E-state index is 12.8. The van der Waals surface area contributed by atoms with E-state index in [1.165, 1.54) is 0 Å². The van der Waals surface area contributed by atoms with Gasteiger partial charge in [0, 0.05) is 16.4 Å². The number of nitrogens with one attached hydrogen (secondary N) is 3. The highest BCUT2D eigenvalue weighted by Crippen LogP contribution is 2.30. The fourth-order valence-electron chi connectivity index (χ4n) is 2.68. The molecule has 2 aromatic carbocycles. The normalized spacial score (nSPS) is 20.0. The summed E-state index contributed by atoms with van der Waals surface area (Å²) in [4.78, 5) is 12.8. The second kappa shape index (κ2) is 7.03. The van der Waals surface area contributed by atoms with E-state index < -0.39 is 5.92 Å². The monoisotopic (exact) mass is 357 g/mol. The maximum atomic E-state index is 12.8. The number of carbonyl (C=O) groups excluding carboxylic acids is 1. The second-order valence-electron chi connectivity index (χ2n) is 5.49. The maximum Gasteiger partial charge on any atom is 0.235 e. The molecule has 1 amide bonds. The standard InChI is InChI=1S/C18H16ClN3OS/c1-11-15(17(23)21-14-9-7-13(19)8-10-14)16(22-18(24)20-11)12-5-3-2-4-6-12/h2-10,15-16H,1H2,(H,21,23)(H2,20,22,24). The highest BCUT2D eigenvalue weighted by atomic mass is 35.5. The molecule has 3 rings (SSSR count). The topological polar surface area (TPSA) is 53.2 Å². The molecule has 2 aromatic rings. The number of rotatable bonds is 3. The summed E-state index contributed by atoms with van der Waals surface area (Å²) in [7, 11) is 0.